The third-order valence-electron chi connectivity index (χ3n) is 4.41. The number of aromatic nitrogens is 3. The summed E-state index contributed by atoms with van der Waals surface area (Å²) in [5, 5.41) is 16.8. The van der Waals surface area contributed by atoms with Gasteiger partial charge in [0.1, 0.15) is 5.69 Å². The standard InChI is InChI=1S/C23H16Cl2N6O2/c24-15-10-12-16(13-11-15)26-20-19(14-6-2-1-3-7-14)30-31-22(27-20)29-23(33)28-21(32)17-8-4-5-9-18(17)25/h1-13H,(H3,26,27,28,29,31,32,33). The third-order valence-corrected chi connectivity index (χ3v) is 4.99. The number of anilines is 3. The van der Waals surface area contributed by atoms with E-state index in [1.165, 1.54) is 6.07 Å². The normalized spacial score (nSPS) is 10.4. The Hall–Kier alpha value is -4.01. The highest BCUT2D eigenvalue weighted by Crippen LogP contribution is 2.27. The number of nitrogens with one attached hydrogen (secondary N) is 3. The van der Waals surface area contributed by atoms with Gasteiger partial charge in [0.15, 0.2) is 5.82 Å². The van der Waals surface area contributed by atoms with Crippen molar-refractivity contribution in [3.63, 3.8) is 0 Å². The van der Waals surface area contributed by atoms with Gasteiger partial charge in [0.25, 0.3) is 11.9 Å². The smallest absolute Gasteiger partial charge is 0.328 e. The molecule has 3 aromatic carbocycles. The third kappa shape index (κ3) is 5.62. The Morgan fingerprint density at radius 1 is 0.788 bits per heavy atom. The number of hydrogen-bond donors (Lipinski definition) is 3. The lowest BCUT2D eigenvalue weighted by Gasteiger charge is -2.12. The van der Waals surface area contributed by atoms with Crippen molar-refractivity contribution in [2.75, 3.05) is 10.6 Å². The van der Waals surface area contributed by atoms with E-state index in [1.54, 1.807) is 42.5 Å². The van der Waals surface area contributed by atoms with Crippen LogP contribution >= 0.6 is 23.2 Å². The van der Waals surface area contributed by atoms with E-state index in [-0.39, 0.29) is 16.5 Å². The molecule has 0 aliphatic carbocycles. The molecule has 33 heavy (non-hydrogen) atoms. The molecule has 0 fully saturated rings. The molecule has 3 amide bonds. The number of imide groups is 1. The van der Waals surface area contributed by atoms with E-state index >= 15 is 0 Å². The van der Waals surface area contributed by atoms with Crippen LogP contribution < -0.4 is 16.0 Å². The van der Waals surface area contributed by atoms with Gasteiger partial charge in [0, 0.05) is 16.3 Å². The second kappa shape index (κ2) is 10.1. The Labute approximate surface area is 199 Å². The van der Waals surface area contributed by atoms with Gasteiger partial charge >= 0.3 is 6.03 Å². The van der Waals surface area contributed by atoms with Crippen LogP contribution in [0.1, 0.15) is 10.4 Å². The van der Waals surface area contributed by atoms with Crippen LogP contribution in [0.25, 0.3) is 11.3 Å². The van der Waals surface area contributed by atoms with Gasteiger partial charge in [-0.25, -0.2) is 4.79 Å². The first-order valence-electron chi connectivity index (χ1n) is 9.69. The number of urea groups is 1. The summed E-state index contributed by atoms with van der Waals surface area (Å²) in [6.45, 7) is 0. The molecular weight excluding hydrogens is 463 g/mol. The first-order chi connectivity index (χ1) is 16.0. The highest BCUT2D eigenvalue weighted by Gasteiger charge is 2.16. The summed E-state index contributed by atoms with van der Waals surface area (Å²) in [4.78, 5) is 29.0. The van der Waals surface area contributed by atoms with E-state index in [0.717, 1.165) is 5.56 Å². The molecule has 0 saturated carbocycles. The molecule has 0 saturated heterocycles. The highest BCUT2D eigenvalue weighted by atomic mass is 35.5. The first kappa shape index (κ1) is 22.2. The average Bonchev–Trinajstić information content (AvgIpc) is 2.81. The number of carbonyl (C=O) groups excluding carboxylic acids is 2. The van der Waals surface area contributed by atoms with Gasteiger partial charge in [0.05, 0.1) is 10.6 Å². The van der Waals surface area contributed by atoms with Gasteiger partial charge < -0.3 is 5.32 Å². The molecule has 0 aliphatic heterocycles. The van der Waals surface area contributed by atoms with E-state index in [2.05, 4.69) is 31.1 Å². The number of rotatable bonds is 5. The van der Waals surface area contributed by atoms with Gasteiger partial charge in [0.2, 0.25) is 0 Å². The lowest BCUT2D eigenvalue weighted by molar-refractivity contribution is 0.0967. The summed E-state index contributed by atoms with van der Waals surface area (Å²) >= 11 is 12.0. The Morgan fingerprint density at radius 2 is 1.48 bits per heavy atom. The summed E-state index contributed by atoms with van der Waals surface area (Å²) in [6.07, 6.45) is 0. The van der Waals surface area contributed by atoms with E-state index in [9.17, 15) is 9.59 Å². The predicted molar refractivity (Wildman–Crippen MR) is 128 cm³/mol. The zero-order valence-electron chi connectivity index (χ0n) is 16.9. The van der Waals surface area contributed by atoms with Gasteiger partial charge in [-0.3, -0.25) is 15.4 Å². The van der Waals surface area contributed by atoms with Crippen LogP contribution in [0, 0.1) is 0 Å². The number of nitrogens with zero attached hydrogens (tertiary/aromatic N) is 3. The predicted octanol–water partition coefficient (Wildman–Crippen LogP) is 5.55. The zero-order chi connectivity index (χ0) is 23.2. The van der Waals surface area contributed by atoms with Gasteiger partial charge in [-0.05, 0) is 36.4 Å². The Bertz CT molecular complexity index is 1300. The van der Waals surface area contributed by atoms with Crippen LogP contribution in [-0.2, 0) is 0 Å². The maximum Gasteiger partial charge on any atom is 0.328 e. The minimum atomic E-state index is -0.827. The van der Waals surface area contributed by atoms with Crippen LogP contribution in [-0.4, -0.2) is 27.1 Å². The minimum Gasteiger partial charge on any atom is -0.338 e. The van der Waals surface area contributed by atoms with E-state index in [1.807, 2.05) is 30.3 Å². The SMILES string of the molecule is O=C(NC(=O)c1ccccc1Cl)Nc1nnc(-c2ccccc2)c(Nc2ccc(Cl)cc2)n1. The monoisotopic (exact) mass is 478 g/mol. The summed E-state index contributed by atoms with van der Waals surface area (Å²) < 4.78 is 0. The largest absolute Gasteiger partial charge is 0.338 e. The molecule has 0 unspecified atom stereocenters. The molecular formula is C23H16Cl2N6O2. The minimum absolute atomic E-state index is 0.101. The fourth-order valence-corrected chi connectivity index (χ4v) is 3.22. The molecule has 1 aromatic heterocycles. The number of hydrogen-bond acceptors (Lipinski definition) is 6. The Morgan fingerprint density at radius 3 is 2.21 bits per heavy atom. The lowest BCUT2D eigenvalue weighted by atomic mass is 10.1. The molecule has 10 heteroatoms. The van der Waals surface area contributed by atoms with Crippen molar-refractivity contribution in [1.29, 1.82) is 0 Å². The van der Waals surface area contributed by atoms with E-state index < -0.39 is 11.9 Å². The summed E-state index contributed by atoms with van der Waals surface area (Å²) in [6, 6.07) is 21.9. The van der Waals surface area contributed by atoms with Gasteiger partial charge in [-0.1, -0.05) is 65.7 Å². The number of amides is 3. The number of carbonyl (C=O) groups is 2. The molecule has 0 spiro atoms. The van der Waals surface area contributed by atoms with E-state index in [4.69, 9.17) is 23.2 Å². The maximum absolute atomic E-state index is 12.3. The molecule has 164 valence electrons. The highest BCUT2D eigenvalue weighted by molar-refractivity contribution is 6.34. The fourth-order valence-electron chi connectivity index (χ4n) is 2.88. The van der Waals surface area contributed by atoms with Crippen molar-refractivity contribution in [1.82, 2.24) is 20.5 Å². The molecule has 0 bridgehead atoms. The van der Waals surface area contributed by atoms with E-state index in [0.29, 0.717) is 22.2 Å². The van der Waals surface area contributed by atoms with Crippen molar-refractivity contribution < 1.29 is 9.59 Å². The Kier molecular flexibility index (Phi) is 6.77. The second-order valence-electron chi connectivity index (χ2n) is 6.72. The molecule has 0 atom stereocenters. The second-order valence-corrected chi connectivity index (χ2v) is 7.56. The molecule has 8 nitrogen and oxygen atoms in total. The fraction of sp³-hybridized carbons (Fsp3) is 0. The number of benzene rings is 3. The van der Waals surface area contributed by atoms with Gasteiger partial charge in [-0.2, -0.15) is 4.98 Å². The zero-order valence-corrected chi connectivity index (χ0v) is 18.4. The molecule has 3 N–H and O–H groups in total. The van der Waals surface area contributed by atoms with Crippen molar-refractivity contribution in [2.24, 2.45) is 0 Å². The van der Waals surface area contributed by atoms with Crippen LogP contribution in [0.3, 0.4) is 0 Å². The van der Waals surface area contributed by atoms with Crippen LogP contribution in [0.4, 0.5) is 22.2 Å². The topological polar surface area (TPSA) is 109 Å². The van der Waals surface area contributed by atoms with Crippen LogP contribution in [0.2, 0.25) is 10.0 Å². The lowest BCUT2D eigenvalue weighted by Crippen LogP contribution is -2.35. The Balaban J connectivity index is 1.57. The summed E-state index contributed by atoms with van der Waals surface area (Å²) in [5.41, 5.74) is 2.13. The van der Waals surface area contributed by atoms with Crippen molar-refractivity contribution in [2.45, 2.75) is 0 Å². The van der Waals surface area contributed by atoms with Crippen LogP contribution in [0.15, 0.2) is 78.9 Å². The number of halogens is 2. The van der Waals surface area contributed by atoms with Crippen molar-refractivity contribution in [3.05, 3.63) is 94.5 Å². The molecule has 4 rings (SSSR count). The quantitative estimate of drug-likeness (QED) is 0.346. The summed E-state index contributed by atoms with van der Waals surface area (Å²) in [7, 11) is 0. The van der Waals surface area contributed by atoms with Crippen LogP contribution in [0.5, 0.6) is 0 Å². The van der Waals surface area contributed by atoms with Crippen molar-refractivity contribution in [3.8, 4) is 11.3 Å². The summed E-state index contributed by atoms with van der Waals surface area (Å²) in [5.74, 6) is -0.409. The average molecular weight is 479 g/mol. The molecule has 4 aromatic rings. The maximum atomic E-state index is 12.3. The molecule has 0 aliphatic rings. The first-order valence-corrected chi connectivity index (χ1v) is 10.4. The molecule has 0 radical (unpaired) electrons. The van der Waals surface area contributed by atoms with Gasteiger partial charge in [-0.15, -0.1) is 10.2 Å². The van der Waals surface area contributed by atoms with Crippen molar-refractivity contribution >= 4 is 52.6 Å². The molecule has 1 heterocycles.